The molecule has 158 valence electrons. The molecule has 5 aromatic rings. The van der Waals surface area contributed by atoms with E-state index in [4.69, 9.17) is 0 Å². The molecule has 0 atom stereocenters. The number of fused-ring (bicyclic) bond motifs is 3. The molecule has 0 N–H and O–H groups in total. The van der Waals surface area contributed by atoms with Crippen LogP contribution in [0.4, 0.5) is 0 Å². The van der Waals surface area contributed by atoms with E-state index in [0.717, 1.165) is 6.54 Å². The Morgan fingerprint density at radius 1 is 0.613 bits per heavy atom. The van der Waals surface area contributed by atoms with Gasteiger partial charge in [-0.2, -0.15) is 0 Å². The van der Waals surface area contributed by atoms with Gasteiger partial charge in [-0.15, -0.1) is 22.7 Å². The molecule has 0 bridgehead atoms. The van der Waals surface area contributed by atoms with Gasteiger partial charge in [0, 0.05) is 16.3 Å². The molecule has 1 nitrogen and oxygen atoms in total. The van der Waals surface area contributed by atoms with Crippen LogP contribution in [0.1, 0.15) is 45.4 Å². The lowest BCUT2D eigenvalue weighted by molar-refractivity contribution is 0.571. The number of hydrogen-bond donors (Lipinski definition) is 0. The molecule has 2 aromatic carbocycles. The van der Waals surface area contributed by atoms with Crippen molar-refractivity contribution in [2.45, 2.75) is 52.0 Å². The average molecular weight is 444 g/mol. The van der Waals surface area contributed by atoms with Gasteiger partial charge in [0.25, 0.3) is 0 Å². The second kappa shape index (κ2) is 9.42. The van der Waals surface area contributed by atoms with E-state index in [-0.39, 0.29) is 0 Å². The molecule has 3 aromatic heterocycles. The van der Waals surface area contributed by atoms with E-state index in [1.54, 1.807) is 0 Å². The number of rotatable bonds is 9. The summed E-state index contributed by atoms with van der Waals surface area (Å²) in [4.78, 5) is 2.75. The molecular formula is C28H29NS2. The van der Waals surface area contributed by atoms with E-state index < -0.39 is 0 Å². The highest BCUT2D eigenvalue weighted by molar-refractivity contribution is 7.30. The van der Waals surface area contributed by atoms with Crippen molar-refractivity contribution in [3.8, 4) is 20.9 Å². The first-order chi connectivity index (χ1) is 15.3. The van der Waals surface area contributed by atoms with E-state index in [1.165, 1.54) is 79.8 Å². The summed E-state index contributed by atoms with van der Waals surface area (Å²) in [5.41, 5.74) is 5.47. The van der Waals surface area contributed by atoms with Gasteiger partial charge < -0.3 is 4.57 Å². The zero-order valence-corrected chi connectivity index (χ0v) is 19.8. The van der Waals surface area contributed by atoms with Crippen LogP contribution in [0.25, 0.3) is 41.3 Å². The third-order valence-corrected chi connectivity index (χ3v) is 8.58. The maximum Gasteiger partial charge on any atom is 0.0707 e. The van der Waals surface area contributed by atoms with Crippen molar-refractivity contribution in [3.05, 3.63) is 72.8 Å². The Kier molecular flexibility index (Phi) is 6.24. The SMILES string of the molecule is CCCCCCCCn1c2cc(-c3ccccc3)sc2c2sc(-c3ccccc3)cc21. The summed E-state index contributed by atoms with van der Waals surface area (Å²) in [6.45, 7) is 3.40. The Morgan fingerprint density at radius 2 is 1.10 bits per heavy atom. The highest BCUT2D eigenvalue weighted by Gasteiger charge is 2.18. The van der Waals surface area contributed by atoms with Crippen molar-refractivity contribution < 1.29 is 0 Å². The third-order valence-electron chi connectivity index (χ3n) is 6.06. The van der Waals surface area contributed by atoms with Crippen molar-refractivity contribution in [3.63, 3.8) is 0 Å². The van der Waals surface area contributed by atoms with Crippen molar-refractivity contribution in [2.24, 2.45) is 0 Å². The van der Waals surface area contributed by atoms with Crippen LogP contribution in [0.15, 0.2) is 72.8 Å². The maximum absolute atomic E-state index is 2.59. The van der Waals surface area contributed by atoms with Gasteiger partial charge >= 0.3 is 0 Å². The summed E-state index contributed by atoms with van der Waals surface area (Å²) in [7, 11) is 0. The van der Waals surface area contributed by atoms with Gasteiger partial charge in [-0.25, -0.2) is 0 Å². The molecule has 0 spiro atoms. The predicted octanol–water partition coefficient (Wildman–Crippen LogP) is 9.61. The summed E-state index contributed by atoms with van der Waals surface area (Å²) >= 11 is 3.90. The van der Waals surface area contributed by atoms with Gasteiger partial charge in [0.1, 0.15) is 0 Å². The first-order valence-electron chi connectivity index (χ1n) is 11.5. The molecule has 5 rings (SSSR count). The third kappa shape index (κ3) is 4.22. The number of thiophene rings is 2. The fourth-order valence-corrected chi connectivity index (χ4v) is 6.88. The number of benzene rings is 2. The standard InChI is InChI=1S/C28H29NS2/c1-2-3-4-5-6-13-18-29-23-19-25(21-14-9-7-10-15-21)30-27(23)28-24(29)20-26(31-28)22-16-11-8-12-17-22/h7-12,14-17,19-20H,2-6,13,18H2,1H3. The highest BCUT2D eigenvalue weighted by atomic mass is 32.1. The minimum atomic E-state index is 1.11. The number of nitrogens with zero attached hydrogens (tertiary/aromatic N) is 1. The van der Waals surface area contributed by atoms with E-state index in [0.29, 0.717) is 0 Å². The zero-order chi connectivity index (χ0) is 21.0. The molecule has 0 amide bonds. The number of hydrogen-bond acceptors (Lipinski definition) is 2. The zero-order valence-electron chi connectivity index (χ0n) is 18.1. The minimum Gasteiger partial charge on any atom is -0.339 e. The van der Waals surface area contributed by atoms with Gasteiger partial charge in [-0.1, -0.05) is 99.7 Å². The minimum absolute atomic E-state index is 1.11. The highest BCUT2D eigenvalue weighted by Crippen LogP contribution is 2.45. The normalized spacial score (nSPS) is 11.6. The number of unbranched alkanes of at least 4 members (excludes halogenated alkanes) is 5. The van der Waals surface area contributed by atoms with Crippen LogP contribution in [0.5, 0.6) is 0 Å². The van der Waals surface area contributed by atoms with Gasteiger partial charge in [-0.3, -0.25) is 0 Å². The van der Waals surface area contributed by atoms with Gasteiger partial charge in [0.2, 0.25) is 0 Å². The fraction of sp³-hybridized carbons (Fsp3) is 0.286. The molecule has 0 aliphatic carbocycles. The van der Waals surface area contributed by atoms with Crippen LogP contribution in [0.3, 0.4) is 0 Å². The molecule has 0 saturated heterocycles. The Hall–Kier alpha value is -2.36. The summed E-state index contributed by atoms with van der Waals surface area (Å²) in [5, 5.41) is 0. The molecule has 0 unspecified atom stereocenters. The van der Waals surface area contributed by atoms with Crippen LogP contribution >= 0.6 is 22.7 Å². The second-order valence-electron chi connectivity index (χ2n) is 8.30. The van der Waals surface area contributed by atoms with Gasteiger partial charge in [0.15, 0.2) is 0 Å². The van der Waals surface area contributed by atoms with Crippen LogP contribution in [-0.4, -0.2) is 4.57 Å². The first-order valence-corrected chi connectivity index (χ1v) is 13.1. The molecule has 0 aliphatic rings. The van der Waals surface area contributed by atoms with Crippen LogP contribution in [0, 0.1) is 0 Å². The predicted molar refractivity (Wildman–Crippen MR) is 139 cm³/mol. The molecule has 0 saturated carbocycles. The second-order valence-corrected chi connectivity index (χ2v) is 10.4. The topological polar surface area (TPSA) is 4.93 Å². The summed E-state index contributed by atoms with van der Waals surface area (Å²) in [6, 6.07) is 26.5. The lowest BCUT2D eigenvalue weighted by atomic mass is 10.1. The van der Waals surface area contributed by atoms with E-state index >= 15 is 0 Å². The molecule has 31 heavy (non-hydrogen) atoms. The fourth-order valence-electron chi connectivity index (χ4n) is 4.40. The van der Waals surface area contributed by atoms with Crippen LogP contribution in [-0.2, 0) is 6.54 Å². The molecule has 0 fully saturated rings. The molecular weight excluding hydrogens is 414 g/mol. The summed E-state index contributed by atoms with van der Waals surface area (Å²) in [6.07, 6.45) is 8.00. The number of aromatic nitrogens is 1. The molecule has 3 heteroatoms. The summed E-state index contributed by atoms with van der Waals surface area (Å²) in [5.74, 6) is 0. The quantitative estimate of drug-likeness (QED) is 0.200. The maximum atomic E-state index is 2.59. The van der Waals surface area contributed by atoms with Gasteiger partial charge in [0.05, 0.1) is 20.4 Å². The van der Waals surface area contributed by atoms with Gasteiger partial charge in [-0.05, 0) is 29.7 Å². The molecule has 0 radical (unpaired) electrons. The van der Waals surface area contributed by atoms with Crippen molar-refractivity contribution >= 4 is 43.1 Å². The van der Waals surface area contributed by atoms with Crippen molar-refractivity contribution in [2.75, 3.05) is 0 Å². The monoisotopic (exact) mass is 443 g/mol. The summed E-state index contributed by atoms with van der Waals surface area (Å²) < 4.78 is 5.50. The Bertz CT molecular complexity index is 1170. The Labute approximate surface area is 193 Å². The lowest BCUT2D eigenvalue weighted by Crippen LogP contribution is -1.96. The van der Waals surface area contributed by atoms with Crippen molar-refractivity contribution in [1.82, 2.24) is 4.57 Å². The van der Waals surface area contributed by atoms with Crippen molar-refractivity contribution in [1.29, 1.82) is 0 Å². The van der Waals surface area contributed by atoms with Crippen LogP contribution < -0.4 is 0 Å². The van der Waals surface area contributed by atoms with E-state index in [2.05, 4.69) is 84.3 Å². The molecule has 0 aliphatic heterocycles. The number of aryl methyl sites for hydroxylation is 1. The largest absolute Gasteiger partial charge is 0.339 e. The average Bonchev–Trinajstić information content (AvgIpc) is 3.50. The lowest BCUT2D eigenvalue weighted by Gasteiger charge is -2.06. The Balaban J connectivity index is 1.53. The van der Waals surface area contributed by atoms with E-state index in [1.807, 2.05) is 22.7 Å². The smallest absolute Gasteiger partial charge is 0.0707 e. The van der Waals surface area contributed by atoms with Crippen LogP contribution in [0.2, 0.25) is 0 Å². The molecule has 3 heterocycles. The van der Waals surface area contributed by atoms with E-state index in [9.17, 15) is 0 Å². The first kappa shape index (κ1) is 20.5. The Morgan fingerprint density at radius 3 is 1.61 bits per heavy atom.